The quantitative estimate of drug-likeness (QED) is 0.899. The number of pyridine rings is 1. The Balaban J connectivity index is 2.33. The van der Waals surface area contributed by atoms with Crippen molar-refractivity contribution in [1.29, 1.82) is 0 Å². The van der Waals surface area contributed by atoms with Crippen molar-refractivity contribution in [2.75, 3.05) is 11.9 Å². The van der Waals surface area contributed by atoms with Gasteiger partial charge in [-0.1, -0.05) is 27.5 Å². The number of nitrogens with one attached hydrogen (secondary N) is 1. The monoisotopic (exact) mass is 328 g/mol. The molecule has 1 aromatic heterocycles. The first-order valence-corrected chi connectivity index (χ1v) is 6.74. The smallest absolute Gasteiger partial charge is 0.126 e. The molecule has 2 rings (SSSR count). The van der Waals surface area contributed by atoms with Crippen LogP contribution in [0.25, 0.3) is 10.9 Å². The molecule has 18 heavy (non-hydrogen) atoms. The van der Waals surface area contributed by atoms with E-state index < -0.39 is 5.60 Å². The molecule has 0 aliphatic carbocycles. The lowest BCUT2D eigenvalue weighted by Gasteiger charge is -2.18. The molecular formula is C13H14BrClN2O. The van der Waals surface area contributed by atoms with Gasteiger partial charge >= 0.3 is 0 Å². The maximum Gasteiger partial charge on any atom is 0.126 e. The predicted molar refractivity (Wildman–Crippen MR) is 79.2 cm³/mol. The first kappa shape index (κ1) is 13.6. The van der Waals surface area contributed by atoms with E-state index in [1.54, 1.807) is 13.8 Å². The summed E-state index contributed by atoms with van der Waals surface area (Å²) in [6, 6.07) is 7.60. The second-order valence-corrected chi connectivity index (χ2v) is 6.14. The molecule has 0 aliphatic rings. The summed E-state index contributed by atoms with van der Waals surface area (Å²) in [6.07, 6.45) is 0. The van der Waals surface area contributed by atoms with E-state index in [2.05, 4.69) is 26.2 Å². The van der Waals surface area contributed by atoms with Gasteiger partial charge in [0, 0.05) is 16.4 Å². The molecule has 0 amide bonds. The normalized spacial score (nSPS) is 11.8. The maximum atomic E-state index is 9.66. The summed E-state index contributed by atoms with van der Waals surface area (Å²) >= 11 is 9.55. The van der Waals surface area contributed by atoms with Gasteiger partial charge in [-0.05, 0) is 38.1 Å². The van der Waals surface area contributed by atoms with E-state index in [-0.39, 0.29) is 0 Å². The SMILES string of the molecule is CC(C)(O)CNc1ccc2cc(Br)cc(Cl)c2n1. The molecule has 1 aromatic carbocycles. The molecule has 5 heteroatoms. The van der Waals surface area contributed by atoms with Crippen molar-refractivity contribution >= 4 is 44.3 Å². The van der Waals surface area contributed by atoms with Gasteiger partial charge in [0.2, 0.25) is 0 Å². The van der Waals surface area contributed by atoms with Crippen molar-refractivity contribution in [2.24, 2.45) is 0 Å². The van der Waals surface area contributed by atoms with Gasteiger partial charge in [0.1, 0.15) is 5.82 Å². The van der Waals surface area contributed by atoms with E-state index in [1.165, 1.54) is 0 Å². The second-order valence-electron chi connectivity index (χ2n) is 4.82. The highest BCUT2D eigenvalue weighted by Crippen LogP contribution is 2.27. The zero-order valence-electron chi connectivity index (χ0n) is 10.2. The van der Waals surface area contributed by atoms with Crippen LogP contribution in [0.1, 0.15) is 13.8 Å². The first-order valence-electron chi connectivity index (χ1n) is 5.57. The summed E-state index contributed by atoms with van der Waals surface area (Å²) in [6.45, 7) is 3.91. The molecule has 0 radical (unpaired) electrons. The Morgan fingerprint density at radius 3 is 2.78 bits per heavy atom. The molecule has 0 unspecified atom stereocenters. The maximum absolute atomic E-state index is 9.66. The van der Waals surface area contributed by atoms with Crippen LogP contribution in [0.5, 0.6) is 0 Å². The summed E-state index contributed by atoms with van der Waals surface area (Å²) in [5, 5.41) is 14.3. The average molecular weight is 330 g/mol. The molecule has 0 bridgehead atoms. The number of anilines is 1. The Bertz CT molecular complexity index is 581. The fraction of sp³-hybridized carbons (Fsp3) is 0.308. The predicted octanol–water partition coefficient (Wildman–Crippen LogP) is 3.83. The molecule has 0 aliphatic heterocycles. The van der Waals surface area contributed by atoms with Crippen LogP contribution in [-0.2, 0) is 0 Å². The number of hydrogen-bond donors (Lipinski definition) is 2. The van der Waals surface area contributed by atoms with Crippen LogP contribution < -0.4 is 5.32 Å². The minimum atomic E-state index is -0.778. The molecule has 0 fully saturated rings. The molecule has 2 aromatic rings. The minimum absolute atomic E-state index is 0.430. The summed E-state index contributed by atoms with van der Waals surface area (Å²) in [4.78, 5) is 4.44. The molecule has 2 N–H and O–H groups in total. The molecule has 96 valence electrons. The molecule has 0 spiro atoms. The summed E-state index contributed by atoms with van der Waals surface area (Å²) in [7, 11) is 0. The largest absolute Gasteiger partial charge is 0.389 e. The van der Waals surface area contributed by atoms with E-state index >= 15 is 0 Å². The van der Waals surface area contributed by atoms with Crippen LogP contribution in [0.3, 0.4) is 0 Å². The van der Waals surface area contributed by atoms with Crippen LogP contribution in [-0.4, -0.2) is 22.2 Å². The standard InChI is InChI=1S/C13H14BrClN2O/c1-13(2,18)7-16-11-4-3-8-5-9(14)6-10(15)12(8)17-11/h3-6,18H,7H2,1-2H3,(H,16,17). The van der Waals surface area contributed by atoms with Crippen molar-refractivity contribution in [3.63, 3.8) is 0 Å². The molecule has 0 atom stereocenters. The van der Waals surface area contributed by atoms with Gasteiger partial charge in [0.15, 0.2) is 0 Å². The van der Waals surface area contributed by atoms with E-state index in [1.807, 2.05) is 24.3 Å². The number of hydrogen-bond acceptors (Lipinski definition) is 3. The fourth-order valence-corrected chi connectivity index (χ4v) is 2.44. The van der Waals surface area contributed by atoms with Crippen molar-refractivity contribution < 1.29 is 5.11 Å². The van der Waals surface area contributed by atoms with Gasteiger partial charge in [-0.2, -0.15) is 0 Å². The van der Waals surface area contributed by atoms with Crippen LogP contribution in [0.2, 0.25) is 5.02 Å². The number of rotatable bonds is 3. The van der Waals surface area contributed by atoms with Crippen molar-refractivity contribution in [2.45, 2.75) is 19.4 Å². The highest BCUT2D eigenvalue weighted by atomic mass is 79.9. The van der Waals surface area contributed by atoms with Crippen LogP contribution in [0.15, 0.2) is 28.7 Å². The number of aliphatic hydroxyl groups is 1. The lowest BCUT2D eigenvalue weighted by atomic mass is 10.1. The van der Waals surface area contributed by atoms with Gasteiger partial charge in [-0.3, -0.25) is 0 Å². The highest BCUT2D eigenvalue weighted by Gasteiger charge is 2.12. The van der Waals surface area contributed by atoms with E-state index in [0.717, 1.165) is 15.4 Å². The van der Waals surface area contributed by atoms with Crippen molar-refractivity contribution in [1.82, 2.24) is 4.98 Å². The highest BCUT2D eigenvalue weighted by molar-refractivity contribution is 9.10. The van der Waals surface area contributed by atoms with E-state index in [0.29, 0.717) is 17.4 Å². The first-order chi connectivity index (χ1) is 8.35. The Morgan fingerprint density at radius 1 is 1.39 bits per heavy atom. The Kier molecular flexibility index (Phi) is 3.80. The van der Waals surface area contributed by atoms with E-state index in [4.69, 9.17) is 11.6 Å². The third kappa shape index (κ3) is 3.34. The zero-order valence-corrected chi connectivity index (χ0v) is 12.5. The Labute approximate surface area is 119 Å². The van der Waals surface area contributed by atoms with Crippen LogP contribution in [0.4, 0.5) is 5.82 Å². The second kappa shape index (κ2) is 5.03. The molecule has 1 heterocycles. The molecule has 3 nitrogen and oxygen atoms in total. The fourth-order valence-electron chi connectivity index (χ4n) is 1.56. The third-order valence-electron chi connectivity index (χ3n) is 2.41. The molecule has 0 saturated carbocycles. The molecular weight excluding hydrogens is 316 g/mol. The third-order valence-corrected chi connectivity index (χ3v) is 3.16. The number of benzene rings is 1. The summed E-state index contributed by atoms with van der Waals surface area (Å²) in [5.41, 5.74) is -0.0271. The topological polar surface area (TPSA) is 45.1 Å². The number of fused-ring (bicyclic) bond motifs is 1. The van der Waals surface area contributed by atoms with Gasteiger partial charge < -0.3 is 10.4 Å². The number of halogens is 2. The Hall–Kier alpha value is -0.840. The summed E-state index contributed by atoms with van der Waals surface area (Å²) < 4.78 is 0.930. The Morgan fingerprint density at radius 2 is 2.11 bits per heavy atom. The van der Waals surface area contributed by atoms with Crippen LogP contribution >= 0.6 is 27.5 Å². The van der Waals surface area contributed by atoms with Crippen molar-refractivity contribution in [3.05, 3.63) is 33.8 Å². The zero-order chi connectivity index (χ0) is 13.3. The van der Waals surface area contributed by atoms with Gasteiger partial charge in [-0.15, -0.1) is 0 Å². The van der Waals surface area contributed by atoms with Crippen LogP contribution in [0, 0.1) is 0 Å². The molecule has 0 saturated heterocycles. The lowest BCUT2D eigenvalue weighted by molar-refractivity contribution is 0.0944. The average Bonchev–Trinajstić information content (AvgIpc) is 2.25. The lowest BCUT2D eigenvalue weighted by Crippen LogP contribution is -2.29. The van der Waals surface area contributed by atoms with Gasteiger partial charge in [0.05, 0.1) is 16.1 Å². The van der Waals surface area contributed by atoms with Gasteiger partial charge in [-0.25, -0.2) is 4.98 Å². The van der Waals surface area contributed by atoms with Gasteiger partial charge in [0.25, 0.3) is 0 Å². The van der Waals surface area contributed by atoms with Crippen molar-refractivity contribution in [3.8, 4) is 0 Å². The minimum Gasteiger partial charge on any atom is -0.389 e. The number of nitrogens with zero attached hydrogens (tertiary/aromatic N) is 1. The van der Waals surface area contributed by atoms with E-state index in [9.17, 15) is 5.11 Å². The number of aromatic nitrogens is 1. The summed E-state index contributed by atoms with van der Waals surface area (Å²) in [5.74, 6) is 0.703.